The molecule has 0 aromatic heterocycles. The molecule has 94 valence electrons. The number of nitrogens with one attached hydrogen (secondary N) is 1. The lowest BCUT2D eigenvalue weighted by atomic mass is 10.00. The van der Waals surface area contributed by atoms with Gasteiger partial charge in [0.15, 0.2) is 0 Å². The van der Waals surface area contributed by atoms with E-state index in [1.807, 2.05) is 0 Å². The van der Waals surface area contributed by atoms with E-state index in [1.165, 1.54) is 6.07 Å². The SMILES string of the molecule is NNC(Cc1ccc(F)c(Br)c1)C1CCCO1. The van der Waals surface area contributed by atoms with Crippen molar-refractivity contribution in [1.29, 1.82) is 0 Å². The van der Waals surface area contributed by atoms with E-state index in [9.17, 15) is 4.39 Å². The van der Waals surface area contributed by atoms with E-state index in [2.05, 4.69) is 21.4 Å². The van der Waals surface area contributed by atoms with Crippen LogP contribution in [0.25, 0.3) is 0 Å². The maximum atomic E-state index is 13.1. The molecule has 0 radical (unpaired) electrons. The fourth-order valence-electron chi connectivity index (χ4n) is 2.14. The van der Waals surface area contributed by atoms with Gasteiger partial charge in [0.1, 0.15) is 5.82 Å². The van der Waals surface area contributed by atoms with Crippen LogP contribution in [-0.2, 0) is 11.2 Å². The lowest BCUT2D eigenvalue weighted by Gasteiger charge is -2.22. The maximum absolute atomic E-state index is 13.1. The van der Waals surface area contributed by atoms with E-state index in [0.29, 0.717) is 4.47 Å². The molecule has 1 aromatic rings. The molecular formula is C12H16BrFN2O. The molecule has 1 aliphatic heterocycles. The first-order valence-electron chi connectivity index (χ1n) is 5.72. The molecule has 1 aliphatic rings. The van der Waals surface area contributed by atoms with Gasteiger partial charge >= 0.3 is 0 Å². The van der Waals surface area contributed by atoms with Gasteiger partial charge in [0.25, 0.3) is 0 Å². The van der Waals surface area contributed by atoms with Crippen molar-refractivity contribution in [3.8, 4) is 0 Å². The Kier molecular flexibility index (Phi) is 4.50. The van der Waals surface area contributed by atoms with Crippen molar-refractivity contribution in [3.05, 3.63) is 34.1 Å². The van der Waals surface area contributed by atoms with Crippen molar-refractivity contribution in [3.63, 3.8) is 0 Å². The van der Waals surface area contributed by atoms with Crippen molar-refractivity contribution in [2.24, 2.45) is 5.84 Å². The predicted molar refractivity (Wildman–Crippen MR) is 67.9 cm³/mol. The van der Waals surface area contributed by atoms with Gasteiger partial charge in [-0.1, -0.05) is 6.07 Å². The second-order valence-corrected chi connectivity index (χ2v) is 5.13. The number of hydrogen-bond acceptors (Lipinski definition) is 3. The molecule has 3 N–H and O–H groups in total. The minimum Gasteiger partial charge on any atom is -0.377 e. The summed E-state index contributed by atoms with van der Waals surface area (Å²) in [5, 5.41) is 0. The quantitative estimate of drug-likeness (QED) is 0.662. The summed E-state index contributed by atoms with van der Waals surface area (Å²) in [5.74, 6) is 5.31. The van der Waals surface area contributed by atoms with Crippen molar-refractivity contribution >= 4 is 15.9 Å². The molecule has 1 saturated heterocycles. The summed E-state index contributed by atoms with van der Waals surface area (Å²) < 4.78 is 19.2. The summed E-state index contributed by atoms with van der Waals surface area (Å²) in [7, 11) is 0. The Morgan fingerprint density at radius 1 is 1.59 bits per heavy atom. The zero-order valence-electron chi connectivity index (χ0n) is 9.46. The van der Waals surface area contributed by atoms with Gasteiger partial charge in [-0.2, -0.15) is 0 Å². The Morgan fingerprint density at radius 3 is 3.00 bits per heavy atom. The Balaban J connectivity index is 2.04. The van der Waals surface area contributed by atoms with Crippen LogP contribution in [0.5, 0.6) is 0 Å². The largest absolute Gasteiger partial charge is 0.377 e. The molecule has 5 heteroatoms. The number of benzene rings is 1. The van der Waals surface area contributed by atoms with Crippen LogP contribution in [0, 0.1) is 5.82 Å². The predicted octanol–water partition coefficient (Wildman–Crippen LogP) is 2.14. The average molecular weight is 303 g/mol. The smallest absolute Gasteiger partial charge is 0.137 e. The first kappa shape index (κ1) is 13.0. The third-order valence-corrected chi connectivity index (χ3v) is 3.68. The Hall–Kier alpha value is -0.490. The summed E-state index contributed by atoms with van der Waals surface area (Å²) in [4.78, 5) is 0. The molecule has 1 heterocycles. The zero-order valence-corrected chi connectivity index (χ0v) is 11.0. The summed E-state index contributed by atoms with van der Waals surface area (Å²) >= 11 is 3.18. The molecule has 0 saturated carbocycles. The van der Waals surface area contributed by atoms with Crippen LogP contribution in [0.15, 0.2) is 22.7 Å². The highest BCUT2D eigenvalue weighted by atomic mass is 79.9. The van der Waals surface area contributed by atoms with Crippen LogP contribution < -0.4 is 11.3 Å². The molecule has 0 aliphatic carbocycles. The van der Waals surface area contributed by atoms with Crippen LogP contribution in [0.4, 0.5) is 4.39 Å². The van der Waals surface area contributed by atoms with Crippen LogP contribution in [0.1, 0.15) is 18.4 Å². The van der Waals surface area contributed by atoms with Crippen molar-refractivity contribution in [1.82, 2.24) is 5.43 Å². The van der Waals surface area contributed by atoms with E-state index in [1.54, 1.807) is 12.1 Å². The Labute approximate surface area is 109 Å². The van der Waals surface area contributed by atoms with E-state index in [4.69, 9.17) is 10.6 Å². The number of ether oxygens (including phenoxy) is 1. The molecular weight excluding hydrogens is 287 g/mol. The normalized spacial score (nSPS) is 21.7. The molecule has 1 fully saturated rings. The van der Waals surface area contributed by atoms with Crippen molar-refractivity contribution in [2.45, 2.75) is 31.4 Å². The van der Waals surface area contributed by atoms with Crippen molar-refractivity contribution in [2.75, 3.05) is 6.61 Å². The van der Waals surface area contributed by atoms with E-state index >= 15 is 0 Å². The van der Waals surface area contributed by atoms with E-state index in [0.717, 1.165) is 31.4 Å². The van der Waals surface area contributed by atoms with Crippen LogP contribution in [0.2, 0.25) is 0 Å². The number of nitrogens with two attached hydrogens (primary N) is 1. The fraction of sp³-hybridized carbons (Fsp3) is 0.500. The monoisotopic (exact) mass is 302 g/mol. The Morgan fingerprint density at radius 2 is 2.41 bits per heavy atom. The molecule has 2 atom stereocenters. The second kappa shape index (κ2) is 5.91. The maximum Gasteiger partial charge on any atom is 0.137 e. The van der Waals surface area contributed by atoms with E-state index in [-0.39, 0.29) is 18.0 Å². The van der Waals surface area contributed by atoms with Gasteiger partial charge in [0.05, 0.1) is 16.6 Å². The first-order valence-corrected chi connectivity index (χ1v) is 6.51. The second-order valence-electron chi connectivity index (χ2n) is 4.28. The third-order valence-electron chi connectivity index (χ3n) is 3.07. The van der Waals surface area contributed by atoms with Crippen LogP contribution in [-0.4, -0.2) is 18.8 Å². The molecule has 2 unspecified atom stereocenters. The highest BCUT2D eigenvalue weighted by Crippen LogP contribution is 2.21. The van der Waals surface area contributed by atoms with Gasteiger partial charge in [-0.15, -0.1) is 0 Å². The summed E-state index contributed by atoms with van der Waals surface area (Å²) in [6.45, 7) is 0.802. The van der Waals surface area contributed by atoms with Crippen LogP contribution in [0.3, 0.4) is 0 Å². The standard InChI is InChI=1S/C12H16BrFN2O/c13-9-6-8(3-4-10(9)14)7-11(16-15)12-2-1-5-17-12/h3-4,6,11-12,16H,1-2,5,7,15H2. The topological polar surface area (TPSA) is 47.3 Å². The number of halogens is 2. The third kappa shape index (κ3) is 3.25. The fourth-order valence-corrected chi connectivity index (χ4v) is 2.56. The zero-order chi connectivity index (χ0) is 12.3. The number of rotatable bonds is 4. The molecule has 0 amide bonds. The molecule has 17 heavy (non-hydrogen) atoms. The van der Waals surface area contributed by atoms with Gasteiger partial charge < -0.3 is 4.74 Å². The summed E-state index contributed by atoms with van der Waals surface area (Å²) in [5.41, 5.74) is 3.83. The minimum absolute atomic E-state index is 0.0786. The highest BCUT2D eigenvalue weighted by molar-refractivity contribution is 9.10. The number of hydrazine groups is 1. The van der Waals surface area contributed by atoms with Crippen molar-refractivity contribution < 1.29 is 9.13 Å². The summed E-state index contributed by atoms with van der Waals surface area (Å²) in [6, 6.07) is 5.10. The minimum atomic E-state index is -0.247. The number of hydrogen-bond donors (Lipinski definition) is 2. The first-order chi connectivity index (χ1) is 8.20. The molecule has 3 nitrogen and oxygen atoms in total. The van der Waals surface area contributed by atoms with Gasteiger partial charge in [0, 0.05) is 6.61 Å². The lowest BCUT2D eigenvalue weighted by Crippen LogP contribution is -2.45. The summed E-state index contributed by atoms with van der Waals surface area (Å²) in [6.07, 6.45) is 3.00. The van der Waals surface area contributed by atoms with Gasteiger partial charge in [0.2, 0.25) is 0 Å². The van der Waals surface area contributed by atoms with Crippen LogP contribution >= 0.6 is 15.9 Å². The highest BCUT2D eigenvalue weighted by Gasteiger charge is 2.25. The van der Waals surface area contributed by atoms with Gasteiger partial charge in [-0.3, -0.25) is 11.3 Å². The molecule has 0 spiro atoms. The van der Waals surface area contributed by atoms with Gasteiger partial charge in [-0.25, -0.2) is 4.39 Å². The molecule has 2 rings (SSSR count). The molecule has 0 bridgehead atoms. The van der Waals surface area contributed by atoms with Gasteiger partial charge in [-0.05, 0) is 52.9 Å². The average Bonchev–Trinajstić information content (AvgIpc) is 2.84. The molecule has 1 aromatic carbocycles. The van der Waals surface area contributed by atoms with E-state index < -0.39 is 0 Å². The Bertz CT molecular complexity index is 383. The lowest BCUT2D eigenvalue weighted by molar-refractivity contribution is 0.0784.